The van der Waals surface area contributed by atoms with Crippen LogP contribution in [0.4, 0.5) is 10.3 Å². The topological polar surface area (TPSA) is 119 Å². The van der Waals surface area contributed by atoms with Crippen LogP contribution in [0.15, 0.2) is 41.8 Å². The maximum absolute atomic E-state index is 12.1. The molecule has 0 bridgehead atoms. The van der Waals surface area contributed by atoms with Crippen LogP contribution < -0.4 is 10.0 Å². The van der Waals surface area contributed by atoms with Crippen molar-refractivity contribution in [3.63, 3.8) is 0 Å². The number of aryl methyl sites for hydroxylation is 1. The summed E-state index contributed by atoms with van der Waals surface area (Å²) in [7, 11) is -3.44. The van der Waals surface area contributed by atoms with Crippen molar-refractivity contribution in [1.29, 1.82) is 0 Å². The van der Waals surface area contributed by atoms with E-state index in [-0.39, 0.29) is 21.9 Å². The molecule has 1 aromatic carbocycles. The van der Waals surface area contributed by atoms with Gasteiger partial charge in [0.05, 0.1) is 17.7 Å². The lowest BCUT2D eigenvalue weighted by atomic mass is 10.2. The summed E-state index contributed by atoms with van der Waals surface area (Å²) in [6.07, 6.45) is 4.54. The number of nitrogens with zero attached hydrogens (tertiary/aromatic N) is 4. The normalized spacial score (nSPS) is 11.3. The lowest BCUT2D eigenvalue weighted by Gasteiger charge is -2.09. The summed E-state index contributed by atoms with van der Waals surface area (Å²) in [4.78, 5) is 16.4. The van der Waals surface area contributed by atoms with E-state index in [0.717, 1.165) is 28.8 Å². The first-order chi connectivity index (χ1) is 12.8. The van der Waals surface area contributed by atoms with Gasteiger partial charge in [0, 0.05) is 12.4 Å². The zero-order chi connectivity index (χ0) is 19.4. The Labute approximate surface area is 164 Å². The number of carbonyl (C=O) groups is 1. The first-order valence-electron chi connectivity index (χ1n) is 7.65. The summed E-state index contributed by atoms with van der Waals surface area (Å²) >= 11 is 2.23. The van der Waals surface area contributed by atoms with Crippen molar-refractivity contribution in [3.8, 4) is 5.69 Å². The van der Waals surface area contributed by atoms with Gasteiger partial charge in [0.15, 0.2) is 5.16 Å². The molecule has 0 aliphatic heterocycles. The minimum Gasteiger partial charge on any atom is -0.300 e. The van der Waals surface area contributed by atoms with E-state index in [1.54, 1.807) is 6.20 Å². The number of para-hydroxylation sites is 1. The Hall–Kier alpha value is -2.44. The zero-order valence-corrected chi connectivity index (χ0v) is 16.9. The van der Waals surface area contributed by atoms with E-state index in [0.29, 0.717) is 5.16 Å². The highest BCUT2D eigenvalue weighted by atomic mass is 32.2. The molecule has 0 aliphatic carbocycles. The molecule has 12 heteroatoms. The molecule has 2 aromatic heterocycles. The summed E-state index contributed by atoms with van der Waals surface area (Å²) in [5.74, 6) is -0.168. The molecule has 9 nitrogen and oxygen atoms in total. The fourth-order valence-electron chi connectivity index (χ4n) is 2.17. The summed E-state index contributed by atoms with van der Waals surface area (Å²) in [6, 6.07) is 7.90. The molecular formula is C15H16N6O3S3. The van der Waals surface area contributed by atoms with Crippen LogP contribution in [0.5, 0.6) is 0 Å². The highest BCUT2D eigenvalue weighted by Gasteiger charge is 2.13. The second-order valence-electron chi connectivity index (χ2n) is 5.49. The first kappa shape index (κ1) is 19.3. The Morgan fingerprint density at radius 3 is 2.74 bits per heavy atom. The lowest BCUT2D eigenvalue weighted by Crippen LogP contribution is -2.14. The smallest absolute Gasteiger partial charge is 0.236 e. The second-order valence-corrected chi connectivity index (χ2v) is 9.16. The van der Waals surface area contributed by atoms with E-state index in [1.807, 2.05) is 42.0 Å². The molecule has 3 rings (SSSR count). The predicted molar refractivity (Wildman–Crippen MR) is 106 cm³/mol. The van der Waals surface area contributed by atoms with E-state index in [1.165, 1.54) is 11.8 Å². The summed E-state index contributed by atoms with van der Waals surface area (Å²) in [6.45, 7) is 2.01. The third-order valence-corrected chi connectivity index (χ3v) is 5.67. The number of carbonyl (C=O) groups excluding carboxylic acids is 1. The summed E-state index contributed by atoms with van der Waals surface area (Å²) in [5, 5.41) is 11.0. The number of aromatic nitrogens is 4. The number of thioether (sulfide) groups is 1. The van der Waals surface area contributed by atoms with Gasteiger partial charge >= 0.3 is 0 Å². The molecule has 142 valence electrons. The monoisotopic (exact) mass is 424 g/mol. The molecule has 2 heterocycles. The molecular weight excluding hydrogens is 408 g/mol. The largest absolute Gasteiger partial charge is 0.300 e. The van der Waals surface area contributed by atoms with Crippen LogP contribution in [-0.2, 0) is 14.8 Å². The molecule has 0 atom stereocenters. The third-order valence-electron chi connectivity index (χ3n) is 3.26. The average molecular weight is 425 g/mol. The average Bonchev–Trinajstić information content (AvgIpc) is 3.21. The molecule has 27 heavy (non-hydrogen) atoms. The van der Waals surface area contributed by atoms with Crippen molar-refractivity contribution in [2.24, 2.45) is 0 Å². The van der Waals surface area contributed by atoms with Crippen LogP contribution in [0.25, 0.3) is 5.69 Å². The number of hydrogen-bond donors (Lipinski definition) is 2. The molecule has 1 amide bonds. The number of amides is 1. The van der Waals surface area contributed by atoms with Gasteiger partial charge in [-0.15, -0.1) is 10.2 Å². The van der Waals surface area contributed by atoms with Crippen LogP contribution in [0, 0.1) is 6.92 Å². The van der Waals surface area contributed by atoms with Gasteiger partial charge in [-0.3, -0.25) is 19.4 Å². The van der Waals surface area contributed by atoms with E-state index in [9.17, 15) is 13.2 Å². The van der Waals surface area contributed by atoms with Crippen LogP contribution in [-0.4, -0.2) is 46.1 Å². The molecule has 0 saturated carbocycles. The van der Waals surface area contributed by atoms with E-state index in [2.05, 4.69) is 25.2 Å². The van der Waals surface area contributed by atoms with Gasteiger partial charge < -0.3 is 0 Å². The SMILES string of the molecule is Cc1ccccc1-n1ccnc1SCC(=O)Nc1nnc(NS(C)(=O)=O)s1. The van der Waals surface area contributed by atoms with Crippen molar-refractivity contribution in [2.75, 3.05) is 22.0 Å². The number of sulfonamides is 1. The number of rotatable bonds is 7. The van der Waals surface area contributed by atoms with Gasteiger partial charge in [-0.05, 0) is 18.6 Å². The minimum absolute atomic E-state index is 0.0931. The number of anilines is 2. The van der Waals surface area contributed by atoms with Crippen molar-refractivity contribution in [1.82, 2.24) is 19.7 Å². The maximum Gasteiger partial charge on any atom is 0.236 e. The van der Waals surface area contributed by atoms with Crippen molar-refractivity contribution < 1.29 is 13.2 Å². The van der Waals surface area contributed by atoms with Crippen LogP contribution in [0.3, 0.4) is 0 Å². The predicted octanol–water partition coefficient (Wildman–Crippen LogP) is 2.13. The zero-order valence-electron chi connectivity index (χ0n) is 14.4. The first-order valence-corrected chi connectivity index (χ1v) is 11.3. The van der Waals surface area contributed by atoms with Crippen molar-refractivity contribution in [3.05, 3.63) is 42.2 Å². The Bertz CT molecular complexity index is 1060. The van der Waals surface area contributed by atoms with Crippen LogP contribution in [0.1, 0.15) is 5.56 Å². The van der Waals surface area contributed by atoms with E-state index in [4.69, 9.17) is 0 Å². The van der Waals surface area contributed by atoms with Crippen molar-refractivity contribution in [2.45, 2.75) is 12.1 Å². The van der Waals surface area contributed by atoms with E-state index >= 15 is 0 Å². The van der Waals surface area contributed by atoms with Crippen molar-refractivity contribution >= 4 is 49.3 Å². The van der Waals surface area contributed by atoms with Gasteiger partial charge in [0.25, 0.3) is 0 Å². The Kier molecular flexibility index (Phi) is 5.77. The fourth-order valence-corrected chi connectivity index (χ4v) is 4.43. The second kappa shape index (κ2) is 8.06. The highest BCUT2D eigenvalue weighted by molar-refractivity contribution is 7.99. The number of benzene rings is 1. The minimum atomic E-state index is -3.44. The van der Waals surface area contributed by atoms with E-state index < -0.39 is 10.0 Å². The van der Waals surface area contributed by atoms with Gasteiger partial charge in [0.1, 0.15) is 0 Å². The van der Waals surface area contributed by atoms with Crippen LogP contribution in [0.2, 0.25) is 0 Å². The summed E-state index contributed by atoms with van der Waals surface area (Å²) in [5.41, 5.74) is 2.10. The molecule has 0 saturated heterocycles. The third kappa shape index (κ3) is 5.28. The molecule has 0 unspecified atom stereocenters. The molecule has 2 N–H and O–H groups in total. The van der Waals surface area contributed by atoms with Gasteiger partial charge in [-0.2, -0.15) is 0 Å². The maximum atomic E-state index is 12.1. The fraction of sp³-hybridized carbons (Fsp3) is 0.200. The molecule has 0 fully saturated rings. The molecule has 0 radical (unpaired) electrons. The number of hydrogen-bond acceptors (Lipinski definition) is 8. The molecule has 3 aromatic rings. The number of nitrogens with one attached hydrogen (secondary N) is 2. The van der Waals surface area contributed by atoms with Crippen LogP contribution >= 0.6 is 23.1 Å². The van der Waals surface area contributed by atoms with Gasteiger partial charge in [-0.1, -0.05) is 41.3 Å². The Balaban J connectivity index is 1.61. The van der Waals surface area contributed by atoms with Gasteiger partial charge in [-0.25, -0.2) is 13.4 Å². The quantitative estimate of drug-likeness (QED) is 0.558. The Morgan fingerprint density at radius 1 is 1.26 bits per heavy atom. The molecule has 0 spiro atoms. The lowest BCUT2D eigenvalue weighted by molar-refractivity contribution is -0.113. The standard InChI is InChI=1S/C15H16N6O3S3/c1-10-5-3-4-6-11(10)21-8-7-16-15(21)25-9-12(22)17-13-18-19-14(26-13)20-27(2,23)24/h3-8H,9H2,1-2H3,(H,19,20)(H,17,18,22). The molecule has 0 aliphatic rings. The Morgan fingerprint density at radius 2 is 2.00 bits per heavy atom. The summed E-state index contributed by atoms with van der Waals surface area (Å²) < 4.78 is 26.5. The highest BCUT2D eigenvalue weighted by Crippen LogP contribution is 2.24. The number of imidazole rings is 1. The van der Waals surface area contributed by atoms with Gasteiger partial charge in [0.2, 0.25) is 26.2 Å².